The number of anilines is 1. The molecule has 3 rings (SSSR count). The zero-order valence-electron chi connectivity index (χ0n) is 24.3. The van der Waals surface area contributed by atoms with Crippen molar-refractivity contribution in [3.05, 3.63) is 44.9 Å². The lowest BCUT2D eigenvalue weighted by Crippen LogP contribution is -2.37. The van der Waals surface area contributed by atoms with E-state index in [2.05, 4.69) is 32.2 Å². The maximum Gasteiger partial charge on any atom is 0.271 e. The Morgan fingerprint density at radius 2 is 2.02 bits per heavy atom. The molecule has 0 unspecified atom stereocenters. The first-order valence-corrected chi connectivity index (χ1v) is 14.9. The van der Waals surface area contributed by atoms with Crippen molar-refractivity contribution in [3.8, 4) is 0 Å². The van der Waals surface area contributed by atoms with Gasteiger partial charge >= 0.3 is 0 Å². The molecule has 1 fully saturated rings. The second kappa shape index (κ2) is 16.8. The topological polar surface area (TPSA) is 123 Å². The predicted molar refractivity (Wildman–Crippen MR) is 166 cm³/mol. The van der Waals surface area contributed by atoms with E-state index in [1.165, 1.54) is 4.90 Å². The van der Waals surface area contributed by atoms with Gasteiger partial charge in [0.05, 0.1) is 27.2 Å². The summed E-state index contributed by atoms with van der Waals surface area (Å²) in [4.78, 5) is 39.6. The highest BCUT2D eigenvalue weighted by atomic mass is 32.2. The van der Waals surface area contributed by atoms with Crippen molar-refractivity contribution >= 4 is 59.4 Å². The van der Waals surface area contributed by atoms with Gasteiger partial charge in [-0.3, -0.25) is 14.6 Å². The number of aromatic nitrogens is 2. The van der Waals surface area contributed by atoms with Crippen LogP contribution in [0.4, 0.5) is 5.82 Å². The quantitative estimate of drug-likeness (QED) is 0.0924. The first kappa shape index (κ1) is 33.0. The molecule has 0 bridgehead atoms. The van der Waals surface area contributed by atoms with Crippen molar-refractivity contribution in [1.82, 2.24) is 19.8 Å². The summed E-state index contributed by atoms with van der Waals surface area (Å²) in [6.45, 7) is 9.67. The van der Waals surface area contributed by atoms with Crippen molar-refractivity contribution in [3.63, 3.8) is 0 Å². The number of amides is 2. The number of nitrogens with zero attached hydrogens (tertiary/aromatic N) is 6. The molecule has 1 saturated carbocycles. The van der Waals surface area contributed by atoms with E-state index in [1.807, 2.05) is 44.5 Å². The zero-order chi connectivity index (χ0) is 29.7. The molecule has 0 saturated heterocycles. The van der Waals surface area contributed by atoms with Crippen LogP contribution < -0.4 is 5.32 Å². The molecule has 0 aromatic carbocycles. The first-order valence-electron chi connectivity index (χ1n) is 13.1. The average Bonchev–Trinajstić information content (AvgIpc) is 3.29. The van der Waals surface area contributed by atoms with Crippen LogP contribution in [0.5, 0.6) is 0 Å². The molecule has 2 N–H and O–H groups in total. The Balaban J connectivity index is 0.000000282. The number of oxime groups is 1. The molecule has 1 aliphatic carbocycles. The van der Waals surface area contributed by atoms with Crippen LogP contribution in [0.1, 0.15) is 53.2 Å². The van der Waals surface area contributed by atoms with E-state index in [9.17, 15) is 9.59 Å². The first-order chi connectivity index (χ1) is 19.1. The molecular formula is C28H41N7O3S2. The lowest BCUT2D eigenvalue weighted by atomic mass is 9.82. The van der Waals surface area contributed by atoms with Crippen molar-refractivity contribution < 1.29 is 14.8 Å². The summed E-state index contributed by atoms with van der Waals surface area (Å²) < 4.78 is 0. The molecule has 40 heavy (non-hydrogen) atoms. The highest BCUT2D eigenvalue weighted by Gasteiger charge is 2.27. The third-order valence-corrected chi connectivity index (χ3v) is 8.30. The van der Waals surface area contributed by atoms with E-state index in [1.54, 1.807) is 49.1 Å². The van der Waals surface area contributed by atoms with E-state index >= 15 is 0 Å². The molecule has 0 aliphatic heterocycles. The maximum absolute atomic E-state index is 11.8. The molecule has 0 spiro atoms. The monoisotopic (exact) mass is 587 g/mol. The third-order valence-electron chi connectivity index (χ3n) is 6.50. The van der Waals surface area contributed by atoms with E-state index in [4.69, 9.17) is 5.21 Å². The van der Waals surface area contributed by atoms with Gasteiger partial charge < -0.3 is 20.3 Å². The number of nitrogens with one attached hydrogen (secondary N) is 1. The van der Waals surface area contributed by atoms with Crippen LogP contribution in [-0.4, -0.2) is 82.8 Å². The number of carbonyl (C=O) groups excluding carboxylic acids is 2. The molecule has 10 nitrogen and oxygen atoms in total. The fraction of sp³-hybridized carbons (Fsp3) is 0.500. The van der Waals surface area contributed by atoms with Gasteiger partial charge in [-0.2, -0.15) is 0 Å². The van der Waals surface area contributed by atoms with Gasteiger partial charge in [-0.15, -0.1) is 23.1 Å². The van der Waals surface area contributed by atoms with Crippen molar-refractivity contribution in [2.45, 2.75) is 58.9 Å². The number of carbonyl (C=O) groups is 2. The maximum atomic E-state index is 11.8. The fourth-order valence-electron chi connectivity index (χ4n) is 4.35. The van der Waals surface area contributed by atoms with E-state index in [-0.39, 0.29) is 23.6 Å². The van der Waals surface area contributed by atoms with Crippen molar-refractivity contribution in [2.24, 2.45) is 16.1 Å². The van der Waals surface area contributed by atoms with Crippen LogP contribution in [0.15, 0.2) is 33.9 Å². The number of aryl methyl sites for hydroxylation is 3. The normalized spacial score (nSPS) is 17.4. The van der Waals surface area contributed by atoms with Crippen LogP contribution in [-0.2, 0) is 9.59 Å². The summed E-state index contributed by atoms with van der Waals surface area (Å²) in [7, 11) is 5.06. The van der Waals surface area contributed by atoms with Gasteiger partial charge in [0.2, 0.25) is 6.41 Å². The highest BCUT2D eigenvalue weighted by Crippen LogP contribution is 2.30. The summed E-state index contributed by atoms with van der Waals surface area (Å²) in [5.41, 5.74) is 3.23. The Morgan fingerprint density at radius 1 is 1.27 bits per heavy atom. The number of thiazole rings is 1. The number of thioether (sulfide) groups is 1. The van der Waals surface area contributed by atoms with Gasteiger partial charge in [-0.05, 0) is 69.7 Å². The Labute approximate surface area is 245 Å². The fourth-order valence-corrected chi connectivity index (χ4v) is 5.99. The van der Waals surface area contributed by atoms with Crippen molar-refractivity contribution in [2.75, 3.05) is 32.3 Å². The molecule has 2 aromatic heterocycles. The molecule has 1 aliphatic rings. The number of rotatable bonds is 11. The van der Waals surface area contributed by atoms with Crippen LogP contribution in [0.3, 0.4) is 0 Å². The molecule has 12 heteroatoms. The number of hydrogen-bond donors (Lipinski definition) is 2. The third kappa shape index (κ3) is 10.4. The lowest BCUT2D eigenvalue weighted by molar-refractivity contribution is -0.122. The van der Waals surface area contributed by atoms with Gasteiger partial charge in [-0.1, -0.05) is 17.6 Å². The Hall–Kier alpha value is -3.25. The second-order valence-electron chi connectivity index (χ2n) is 9.92. The molecule has 218 valence electrons. The van der Waals surface area contributed by atoms with Crippen LogP contribution >= 0.6 is 23.1 Å². The minimum absolute atomic E-state index is 0.199. The van der Waals surface area contributed by atoms with E-state index < -0.39 is 0 Å². The molecular weight excluding hydrogens is 546 g/mol. The minimum Gasteiger partial charge on any atom is -0.410 e. The van der Waals surface area contributed by atoms with Crippen LogP contribution in [0.2, 0.25) is 0 Å². The van der Waals surface area contributed by atoms with Gasteiger partial charge in [0.1, 0.15) is 11.5 Å². The largest absolute Gasteiger partial charge is 0.410 e. The van der Waals surface area contributed by atoms with Gasteiger partial charge in [0.15, 0.2) is 0 Å². The van der Waals surface area contributed by atoms with Gasteiger partial charge in [0.25, 0.3) is 5.91 Å². The predicted octanol–water partition coefficient (Wildman–Crippen LogP) is 5.21. The highest BCUT2D eigenvalue weighted by molar-refractivity contribution is 8.02. The van der Waals surface area contributed by atoms with Crippen LogP contribution in [0.25, 0.3) is 5.70 Å². The molecule has 2 heterocycles. The summed E-state index contributed by atoms with van der Waals surface area (Å²) >= 11 is 3.27. The minimum atomic E-state index is -0.256. The second-order valence-corrected chi connectivity index (χ2v) is 12.0. The Morgan fingerprint density at radius 3 is 2.58 bits per heavy atom. The summed E-state index contributed by atoms with van der Waals surface area (Å²) in [5.74, 6) is 1.63. The molecule has 0 radical (unpaired) electrons. The number of hydrogen-bond acceptors (Lipinski definition) is 10. The van der Waals surface area contributed by atoms with Gasteiger partial charge in [0, 0.05) is 39.8 Å². The average molecular weight is 588 g/mol. The Kier molecular flexibility index (Phi) is 13.8. The zero-order valence-corrected chi connectivity index (χ0v) is 25.9. The molecule has 2 aromatic rings. The number of aliphatic imine (C=N–C) groups is 1. The number of pyridine rings is 1. The lowest BCUT2D eigenvalue weighted by Gasteiger charge is -2.33. The summed E-state index contributed by atoms with van der Waals surface area (Å²) in [6, 6.07) is 4.24. The summed E-state index contributed by atoms with van der Waals surface area (Å²) in [6.07, 6.45) is 7.05. The standard InChI is InChI=1S/C15H18N4S2.C13H23N3O3/c1-10-5-6-14(17-7-10)18-9-20-8-13(16-4)15-11(2)19-12(3)21-15;1-15(2)13(18)12(14-19)8-10-5-4-6-11(7-10)16(3)9-17/h5-8H,4,9H2,1-3H3,(H,17,18);9-11,19H,4-8H2,1-3H3/b13-8-;14-12+/t;10-,11-/m.1/s1. The Bertz CT molecular complexity index is 1180. The van der Waals surface area contributed by atoms with Crippen molar-refractivity contribution in [1.29, 1.82) is 0 Å². The van der Waals surface area contributed by atoms with E-state index in [0.29, 0.717) is 6.42 Å². The molecule has 2 atom stereocenters. The summed E-state index contributed by atoms with van der Waals surface area (Å²) in [5, 5.41) is 18.4. The van der Waals surface area contributed by atoms with Crippen LogP contribution in [0, 0.1) is 26.7 Å². The van der Waals surface area contributed by atoms with E-state index in [0.717, 1.165) is 70.6 Å². The van der Waals surface area contributed by atoms with Gasteiger partial charge in [-0.25, -0.2) is 9.97 Å². The molecule has 2 amide bonds. The SMILES string of the molecule is C=N/C(=C\SCNc1ccc(C)cn1)c1sc(C)nc1C.CN(C)C(=O)/C(C[C@@H]1CCC[C@@H](N(C)C=O)C1)=N/O. The smallest absolute Gasteiger partial charge is 0.271 e.